The van der Waals surface area contributed by atoms with Crippen LogP contribution in [-0.4, -0.2) is 5.91 Å². The van der Waals surface area contributed by atoms with Gasteiger partial charge in [0.15, 0.2) is 0 Å². The number of hydrogen-bond donors (Lipinski definition) is 1. The summed E-state index contributed by atoms with van der Waals surface area (Å²) in [5.41, 5.74) is 1.36. The van der Waals surface area contributed by atoms with Crippen LogP contribution >= 0.6 is 27.5 Å². The summed E-state index contributed by atoms with van der Waals surface area (Å²) in [7, 11) is 0. The topological polar surface area (TPSA) is 29.1 Å². The van der Waals surface area contributed by atoms with Gasteiger partial charge >= 0.3 is 0 Å². The first-order valence-corrected chi connectivity index (χ1v) is 6.67. The van der Waals surface area contributed by atoms with Gasteiger partial charge in [0.25, 0.3) is 5.91 Å². The molecule has 98 valence electrons. The highest BCUT2D eigenvalue weighted by Crippen LogP contribution is 2.26. The molecule has 19 heavy (non-hydrogen) atoms. The molecule has 2 aromatic carbocycles. The molecular weight excluding hydrogens is 333 g/mol. The predicted octanol–water partition coefficient (Wildman–Crippen LogP) is 4.80. The molecule has 2 aromatic rings. The van der Waals surface area contributed by atoms with E-state index in [-0.39, 0.29) is 10.7 Å². The van der Waals surface area contributed by atoms with Crippen molar-refractivity contribution in [2.24, 2.45) is 0 Å². The lowest BCUT2D eigenvalue weighted by Crippen LogP contribution is -2.14. The summed E-state index contributed by atoms with van der Waals surface area (Å²) in [6, 6.07) is 9.60. The number of anilines is 1. The molecule has 0 bridgehead atoms. The molecule has 0 aliphatic rings. The van der Waals surface area contributed by atoms with Crippen LogP contribution in [0, 0.1) is 12.7 Å². The maximum absolute atomic E-state index is 13.6. The van der Waals surface area contributed by atoms with E-state index in [2.05, 4.69) is 21.2 Å². The van der Waals surface area contributed by atoms with Gasteiger partial charge in [-0.05, 0) is 47.1 Å². The average molecular weight is 343 g/mol. The summed E-state index contributed by atoms with van der Waals surface area (Å²) in [4.78, 5) is 12.1. The SMILES string of the molecule is Cc1ccc(Br)c(C(=O)Nc2c(F)cccc2Cl)c1. The van der Waals surface area contributed by atoms with Gasteiger partial charge in [-0.3, -0.25) is 4.79 Å². The van der Waals surface area contributed by atoms with Crippen molar-refractivity contribution in [1.29, 1.82) is 0 Å². The van der Waals surface area contributed by atoms with Gasteiger partial charge in [0, 0.05) is 4.47 Å². The number of amides is 1. The van der Waals surface area contributed by atoms with Crippen molar-refractivity contribution < 1.29 is 9.18 Å². The van der Waals surface area contributed by atoms with Crippen LogP contribution in [0.1, 0.15) is 15.9 Å². The third kappa shape index (κ3) is 3.14. The number of rotatable bonds is 2. The van der Waals surface area contributed by atoms with Crippen molar-refractivity contribution in [3.8, 4) is 0 Å². The van der Waals surface area contributed by atoms with Gasteiger partial charge in [0.2, 0.25) is 0 Å². The number of hydrogen-bond acceptors (Lipinski definition) is 1. The second-order valence-electron chi connectivity index (χ2n) is 4.03. The highest BCUT2D eigenvalue weighted by atomic mass is 79.9. The van der Waals surface area contributed by atoms with Gasteiger partial charge in [-0.15, -0.1) is 0 Å². The van der Waals surface area contributed by atoms with Crippen LogP contribution in [0.5, 0.6) is 0 Å². The molecule has 0 unspecified atom stereocenters. The minimum Gasteiger partial charge on any atom is -0.318 e. The Labute approximate surface area is 123 Å². The first-order chi connectivity index (χ1) is 8.99. The van der Waals surface area contributed by atoms with E-state index in [4.69, 9.17) is 11.6 Å². The molecule has 2 nitrogen and oxygen atoms in total. The third-order valence-electron chi connectivity index (χ3n) is 2.57. The Balaban J connectivity index is 2.34. The standard InChI is InChI=1S/C14H10BrClFNO/c1-8-5-6-10(15)9(7-8)14(19)18-13-11(16)3-2-4-12(13)17/h2-7H,1H3,(H,18,19). The number of benzene rings is 2. The lowest BCUT2D eigenvalue weighted by molar-refractivity contribution is 0.102. The number of halogens is 3. The monoisotopic (exact) mass is 341 g/mol. The molecule has 0 saturated carbocycles. The molecule has 0 aliphatic heterocycles. The summed E-state index contributed by atoms with van der Waals surface area (Å²) < 4.78 is 14.2. The van der Waals surface area contributed by atoms with Gasteiger partial charge < -0.3 is 5.32 Å². The second-order valence-corrected chi connectivity index (χ2v) is 5.30. The van der Waals surface area contributed by atoms with Crippen LogP contribution in [0.2, 0.25) is 5.02 Å². The molecule has 0 radical (unpaired) electrons. The zero-order chi connectivity index (χ0) is 14.0. The van der Waals surface area contributed by atoms with E-state index in [0.29, 0.717) is 10.0 Å². The van der Waals surface area contributed by atoms with E-state index in [9.17, 15) is 9.18 Å². The van der Waals surface area contributed by atoms with Crippen molar-refractivity contribution in [2.75, 3.05) is 5.32 Å². The number of carbonyl (C=O) groups excluding carboxylic acids is 1. The molecule has 0 fully saturated rings. The Morgan fingerprint density at radius 2 is 2.05 bits per heavy atom. The van der Waals surface area contributed by atoms with Crippen LogP contribution in [0.4, 0.5) is 10.1 Å². The van der Waals surface area contributed by atoms with E-state index in [0.717, 1.165) is 5.56 Å². The van der Waals surface area contributed by atoms with E-state index in [1.807, 2.05) is 13.0 Å². The molecule has 1 N–H and O–H groups in total. The van der Waals surface area contributed by atoms with Crippen molar-refractivity contribution in [3.05, 3.63) is 62.8 Å². The maximum Gasteiger partial charge on any atom is 0.256 e. The summed E-state index contributed by atoms with van der Waals surface area (Å²) in [5, 5.41) is 2.65. The molecule has 0 heterocycles. The molecule has 0 spiro atoms. The maximum atomic E-state index is 13.6. The van der Waals surface area contributed by atoms with Crippen LogP contribution < -0.4 is 5.32 Å². The first kappa shape index (κ1) is 14.0. The van der Waals surface area contributed by atoms with Crippen molar-refractivity contribution in [3.63, 3.8) is 0 Å². The fraction of sp³-hybridized carbons (Fsp3) is 0.0714. The first-order valence-electron chi connectivity index (χ1n) is 5.50. The van der Waals surface area contributed by atoms with Gasteiger partial charge in [-0.2, -0.15) is 0 Å². The van der Waals surface area contributed by atoms with Crippen LogP contribution in [0.25, 0.3) is 0 Å². The average Bonchev–Trinajstić information content (AvgIpc) is 2.37. The lowest BCUT2D eigenvalue weighted by atomic mass is 10.1. The van der Waals surface area contributed by atoms with E-state index < -0.39 is 11.7 Å². The van der Waals surface area contributed by atoms with E-state index in [1.165, 1.54) is 18.2 Å². The molecule has 1 amide bonds. The van der Waals surface area contributed by atoms with Crippen LogP contribution in [0.3, 0.4) is 0 Å². The molecule has 0 aliphatic carbocycles. The van der Waals surface area contributed by atoms with Crippen LogP contribution in [-0.2, 0) is 0 Å². The van der Waals surface area contributed by atoms with Crippen molar-refractivity contribution in [2.45, 2.75) is 6.92 Å². The largest absolute Gasteiger partial charge is 0.318 e. The Kier molecular flexibility index (Phi) is 4.22. The minimum absolute atomic E-state index is 0.0115. The highest BCUT2D eigenvalue weighted by molar-refractivity contribution is 9.10. The third-order valence-corrected chi connectivity index (χ3v) is 3.57. The van der Waals surface area contributed by atoms with Crippen LogP contribution in [0.15, 0.2) is 40.9 Å². The zero-order valence-electron chi connectivity index (χ0n) is 10.0. The zero-order valence-corrected chi connectivity index (χ0v) is 12.3. The van der Waals surface area contributed by atoms with E-state index >= 15 is 0 Å². The second kappa shape index (κ2) is 5.72. The summed E-state index contributed by atoms with van der Waals surface area (Å²) in [6.45, 7) is 1.87. The summed E-state index contributed by atoms with van der Waals surface area (Å²) in [6.07, 6.45) is 0. The molecule has 2 rings (SSSR count). The smallest absolute Gasteiger partial charge is 0.256 e. The van der Waals surface area contributed by atoms with Gasteiger partial charge in [0.05, 0.1) is 16.3 Å². The molecule has 0 saturated heterocycles. The molecular formula is C14H10BrClFNO. The predicted molar refractivity (Wildman–Crippen MR) is 78.2 cm³/mol. The fourth-order valence-corrected chi connectivity index (χ4v) is 2.25. The Morgan fingerprint density at radius 1 is 1.32 bits per heavy atom. The molecule has 5 heteroatoms. The number of carbonyl (C=O) groups is 1. The molecule has 0 atom stereocenters. The minimum atomic E-state index is -0.565. The number of aryl methyl sites for hydroxylation is 1. The Hall–Kier alpha value is -1.39. The number of para-hydroxylation sites is 1. The highest BCUT2D eigenvalue weighted by Gasteiger charge is 2.14. The van der Waals surface area contributed by atoms with Crippen molar-refractivity contribution in [1.82, 2.24) is 0 Å². The Bertz CT molecular complexity index is 625. The van der Waals surface area contributed by atoms with Gasteiger partial charge in [-0.25, -0.2) is 4.39 Å². The van der Waals surface area contributed by atoms with Gasteiger partial charge in [0.1, 0.15) is 5.82 Å². The quantitative estimate of drug-likeness (QED) is 0.834. The van der Waals surface area contributed by atoms with E-state index in [1.54, 1.807) is 12.1 Å². The summed E-state index contributed by atoms with van der Waals surface area (Å²) in [5.74, 6) is -0.979. The Morgan fingerprint density at radius 3 is 2.74 bits per heavy atom. The lowest BCUT2D eigenvalue weighted by Gasteiger charge is -2.10. The fourth-order valence-electron chi connectivity index (χ4n) is 1.61. The van der Waals surface area contributed by atoms with Crippen molar-refractivity contribution >= 4 is 39.1 Å². The normalized spacial score (nSPS) is 10.3. The number of nitrogens with one attached hydrogen (secondary N) is 1. The summed E-state index contributed by atoms with van der Waals surface area (Å²) >= 11 is 9.16. The van der Waals surface area contributed by atoms with Gasteiger partial charge in [-0.1, -0.05) is 29.3 Å². The molecule has 0 aromatic heterocycles.